The first-order chi connectivity index (χ1) is 16.2. The highest BCUT2D eigenvalue weighted by molar-refractivity contribution is 5.83. The van der Waals surface area contributed by atoms with Gasteiger partial charge in [0.05, 0.1) is 6.54 Å². The number of aryl methyl sites for hydroxylation is 1. The van der Waals surface area contributed by atoms with Gasteiger partial charge in [-0.25, -0.2) is 0 Å². The van der Waals surface area contributed by atoms with E-state index in [2.05, 4.69) is 90.5 Å². The molecule has 1 aliphatic carbocycles. The molecule has 3 heteroatoms. The van der Waals surface area contributed by atoms with E-state index in [9.17, 15) is 4.79 Å². The van der Waals surface area contributed by atoms with Crippen molar-refractivity contribution in [2.75, 3.05) is 0 Å². The molecule has 4 aromatic rings. The second kappa shape index (κ2) is 9.50. The van der Waals surface area contributed by atoms with Crippen LogP contribution in [0.15, 0.2) is 103 Å². The van der Waals surface area contributed by atoms with Crippen molar-refractivity contribution >= 4 is 5.91 Å². The van der Waals surface area contributed by atoms with Gasteiger partial charge in [0.2, 0.25) is 5.91 Å². The van der Waals surface area contributed by atoms with E-state index in [-0.39, 0.29) is 11.8 Å². The van der Waals surface area contributed by atoms with E-state index in [1.807, 2.05) is 29.2 Å². The van der Waals surface area contributed by atoms with Gasteiger partial charge in [-0.3, -0.25) is 4.79 Å². The van der Waals surface area contributed by atoms with Crippen LogP contribution in [-0.4, -0.2) is 15.4 Å². The Kier molecular flexibility index (Phi) is 6.12. The molecule has 166 valence electrons. The molecule has 0 spiro atoms. The predicted octanol–water partition coefficient (Wildman–Crippen LogP) is 6.18. The molecule has 0 N–H and O–H groups in total. The molecule has 3 nitrogen and oxygen atoms in total. The second-order valence-corrected chi connectivity index (χ2v) is 9.15. The van der Waals surface area contributed by atoms with E-state index in [0.29, 0.717) is 19.0 Å². The standard InChI is InChI=1S/C30H30N2O/c1-23-14-16-25(17-15-23)20-31-18-8-13-27(31)22-32(21-24-9-4-2-5-10-24)30(33)29-19-28(29)26-11-6-3-7-12-26/h2-18,28-29H,19-22H2,1H3. The van der Waals surface area contributed by atoms with Crippen molar-refractivity contribution in [1.82, 2.24) is 9.47 Å². The fourth-order valence-electron chi connectivity index (χ4n) is 4.62. The van der Waals surface area contributed by atoms with E-state index < -0.39 is 0 Å². The average molecular weight is 435 g/mol. The lowest BCUT2D eigenvalue weighted by molar-refractivity contribution is -0.134. The molecule has 1 heterocycles. The van der Waals surface area contributed by atoms with Gasteiger partial charge in [-0.1, -0.05) is 90.5 Å². The number of carbonyl (C=O) groups is 1. The van der Waals surface area contributed by atoms with Crippen LogP contribution >= 0.6 is 0 Å². The second-order valence-electron chi connectivity index (χ2n) is 9.15. The molecule has 0 saturated heterocycles. The first kappa shape index (κ1) is 21.3. The van der Waals surface area contributed by atoms with Gasteiger partial charge in [-0.15, -0.1) is 0 Å². The van der Waals surface area contributed by atoms with Crippen LogP contribution < -0.4 is 0 Å². The molecule has 1 amide bonds. The normalized spacial score (nSPS) is 17.0. The minimum absolute atomic E-state index is 0.0802. The summed E-state index contributed by atoms with van der Waals surface area (Å²) in [6.45, 7) is 4.17. The fourth-order valence-corrected chi connectivity index (χ4v) is 4.62. The highest BCUT2D eigenvalue weighted by Crippen LogP contribution is 2.48. The van der Waals surface area contributed by atoms with E-state index >= 15 is 0 Å². The van der Waals surface area contributed by atoms with Crippen LogP contribution in [-0.2, 0) is 24.4 Å². The monoisotopic (exact) mass is 434 g/mol. The molecule has 3 aromatic carbocycles. The number of aromatic nitrogens is 1. The zero-order valence-corrected chi connectivity index (χ0v) is 19.1. The van der Waals surface area contributed by atoms with Gasteiger partial charge >= 0.3 is 0 Å². The van der Waals surface area contributed by atoms with Gasteiger partial charge in [0.1, 0.15) is 0 Å². The van der Waals surface area contributed by atoms with Crippen LogP contribution in [0.4, 0.5) is 0 Å². The van der Waals surface area contributed by atoms with Gasteiger partial charge in [-0.2, -0.15) is 0 Å². The van der Waals surface area contributed by atoms with Crippen LogP contribution in [0.2, 0.25) is 0 Å². The van der Waals surface area contributed by atoms with Gasteiger partial charge in [0, 0.05) is 30.9 Å². The maximum absolute atomic E-state index is 13.6. The summed E-state index contributed by atoms with van der Waals surface area (Å²) >= 11 is 0. The Morgan fingerprint density at radius 3 is 2.24 bits per heavy atom. The minimum atomic E-state index is 0.0802. The number of carbonyl (C=O) groups excluding carboxylic acids is 1. The number of hydrogen-bond acceptors (Lipinski definition) is 1. The highest BCUT2D eigenvalue weighted by Gasteiger charge is 2.45. The van der Waals surface area contributed by atoms with Crippen molar-refractivity contribution in [2.24, 2.45) is 5.92 Å². The van der Waals surface area contributed by atoms with E-state index in [0.717, 1.165) is 18.7 Å². The van der Waals surface area contributed by atoms with Crippen molar-refractivity contribution < 1.29 is 4.79 Å². The number of benzene rings is 3. The molecular formula is C30H30N2O. The fraction of sp³-hybridized carbons (Fsp3) is 0.233. The Hall–Kier alpha value is -3.59. The van der Waals surface area contributed by atoms with E-state index in [1.54, 1.807) is 0 Å². The summed E-state index contributed by atoms with van der Waals surface area (Å²) in [6, 6.07) is 33.7. The molecule has 1 aliphatic rings. The average Bonchev–Trinajstić information content (AvgIpc) is 3.54. The zero-order valence-electron chi connectivity index (χ0n) is 19.1. The summed E-state index contributed by atoms with van der Waals surface area (Å²) in [6.07, 6.45) is 3.06. The van der Waals surface area contributed by atoms with Crippen molar-refractivity contribution in [1.29, 1.82) is 0 Å². The smallest absolute Gasteiger partial charge is 0.226 e. The van der Waals surface area contributed by atoms with Crippen LogP contribution in [0.25, 0.3) is 0 Å². The molecule has 1 aromatic heterocycles. The van der Waals surface area contributed by atoms with E-state index in [1.165, 1.54) is 22.3 Å². The molecule has 0 radical (unpaired) electrons. The number of rotatable bonds is 8. The van der Waals surface area contributed by atoms with Crippen LogP contribution in [0.1, 0.15) is 40.3 Å². The first-order valence-electron chi connectivity index (χ1n) is 11.7. The number of hydrogen-bond donors (Lipinski definition) is 0. The summed E-state index contributed by atoms with van der Waals surface area (Å²) in [5.74, 6) is 0.684. The third kappa shape index (κ3) is 5.09. The van der Waals surface area contributed by atoms with Crippen LogP contribution in [0, 0.1) is 12.8 Å². The summed E-state index contributed by atoms with van der Waals surface area (Å²) in [5.41, 5.74) is 6.14. The topological polar surface area (TPSA) is 25.2 Å². The Balaban J connectivity index is 1.35. The van der Waals surface area contributed by atoms with Crippen molar-refractivity contribution in [3.8, 4) is 0 Å². The lowest BCUT2D eigenvalue weighted by Crippen LogP contribution is -2.32. The molecule has 5 rings (SSSR count). The number of nitrogens with zero attached hydrogens (tertiary/aromatic N) is 2. The molecule has 2 unspecified atom stereocenters. The Morgan fingerprint density at radius 2 is 1.52 bits per heavy atom. The molecule has 33 heavy (non-hydrogen) atoms. The minimum Gasteiger partial charge on any atom is -0.345 e. The quantitative estimate of drug-likeness (QED) is 0.325. The first-order valence-corrected chi connectivity index (χ1v) is 11.7. The predicted molar refractivity (Wildman–Crippen MR) is 133 cm³/mol. The van der Waals surface area contributed by atoms with E-state index in [4.69, 9.17) is 0 Å². The largest absolute Gasteiger partial charge is 0.345 e. The van der Waals surface area contributed by atoms with Gasteiger partial charge < -0.3 is 9.47 Å². The maximum Gasteiger partial charge on any atom is 0.226 e. The summed E-state index contributed by atoms with van der Waals surface area (Å²) in [7, 11) is 0. The Bertz CT molecular complexity index is 1200. The third-order valence-corrected chi connectivity index (χ3v) is 6.61. The molecule has 1 saturated carbocycles. The Morgan fingerprint density at radius 1 is 0.818 bits per heavy atom. The van der Waals surface area contributed by atoms with Crippen molar-refractivity contribution in [2.45, 2.75) is 38.9 Å². The third-order valence-electron chi connectivity index (χ3n) is 6.61. The summed E-state index contributed by atoms with van der Waals surface area (Å²) in [5, 5.41) is 0. The molecule has 0 aliphatic heterocycles. The number of amides is 1. The van der Waals surface area contributed by atoms with Gasteiger partial charge in [0.25, 0.3) is 0 Å². The van der Waals surface area contributed by atoms with Crippen molar-refractivity contribution in [3.05, 3.63) is 131 Å². The van der Waals surface area contributed by atoms with Crippen LogP contribution in [0.3, 0.4) is 0 Å². The zero-order chi connectivity index (χ0) is 22.6. The van der Waals surface area contributed by atoms with Crippen molar-refractivity contribution in [3.63, 3.8) is 0 Å². The van der Waals surface area contributed by atoms with Crippen LogP contribution in [0.5, 0.6) is 0 Å². The summed E-state index contributed by atoms with van der Waals surface area (Å²) in [4.78, 5) is 15.7. The molecule has 0 bridgehead atoms. The molecular weight excluding hydrogens is 404 g/mol. The molecule has 1 fully saturated rings. The Labute approximate surface area is 196 Å². The van der Waals surface area contributed by atoms with Gasteiger partial charge in [0.15, 0.2) is 0 Å². The maximum atomic E-state index is 13.6. The summed E-state index contributed by atoms with van der Waals surface area (Å²) < 4.78 is 2.26. The molecule has 2 atom stereocenters. The SMILES string of the molecule is Cc1ccc(Cn2cccc2CN(Cc2ccccc2)C(=O)C2CC2c2ccccc2)cc1. The van der Waals surface area contributed by atoms with Gasteiger partial charge in [-0.05, 0) is 48.1 Å². The highest BCUT2D eigenvalue weighted by atomic mass is 16.2. The lowest BCUT2D eigenvalue weighted by Gasteiger charge is -2.24. The lowest BCUT2D eigenvalue weighted by atomic mass is 10.1.